The highest BCUT2D eigenvalue weighted by atomic mass is 16.5. The molecule has 2 heterocycles. The van der Waals surface area contributed by atoms with Crippen LogP contribution in [-0.2, 0) is 22.1 Å². The molecule has 1 unspecified atom stereocenters. The van der Waals surface area contributed by atoms with Crippen LogP contribution < -0.4 is 4.74 Å². The van der Waals surface area contributed by atoms with Crippen molar-refractivity contribution in [1.82, 2.24) is 9.47 Å². The molecule has 1 atom stereocenters. The highest BCUT2D eigenvalue weighted by molar-refractivity contribution is 6.46. The number of benzene rings is 2. The number of carbonyl (C=O) groups is 2. The van der Waals surface area contributed by atoms with Gasteiger partial charge in [-0.3, -0.25) is 9.59 Å². The first-order chi connectivity index (χ1) is 16.6. The zero-order valence-electron chi connectivity index (χ0n) is 21.4. The number of methoxy groups -OCH3 is 1. The molecule has 35 heavy (non-hydrogen) atoms. The second-order valence-electron chi connectivity index (χ2n) is 10.2. The van der Waals surface area contributed by atoms with E-state index < -0.39 is 17.7 Å². The van der Waals surface area contributed by atoms with Crippen molar-refractivity contribution in [3.63, 3.8) is 0 Å². The molecule has 1 amide bonds. The first-order valence-electron chi connectivity index (χ1n) is 12.1. The number of nitrogens with zero attached hydrogens (tertiary/aromatic N) is 2. The maximum Gasteiger partial charge on any atom is 0.295 e. The SMILES string of the molecule is CCCCN1C(=O)C(=O)/C(=C(/O)c2cc(C(C)(C)C)ccc2OC)C1c1cn(C)c2ccccc12. The topological polar surface area (TPSA) is 71.8 Å². The number of Topliss-reactive ketones (excluding diaryl/α,β-unsaturated/α-hetero) is 1. The number of unbranched alkanes of at least 4 members (excludes halogenated alkanes) is 1. The average molecular weight is 475 g/mol. The Balaban J connectivity index is 2.00. The Labute approximate surface area is 206 Å². The van der Waals surface area contributed by atoms with Crippen molar-refractivity contribution >= 4 is 28.4 Å². The van der Waals surface area contributed by atoms with Gasteiger partial charge in [-0.1, -0.05) is 58.4 Å². The molecule has 1 saturated heterocycles. The van der Waals surface area contributed by atoms with Gasteiger partial charge in [0.2, 0.25) is 0 Å². The van der Waals surface area contributed by atoms with Crippen LogP contribution in [0.25, 0.3) is 16.7 Å². The van der Waals surface area contributed by atoms with Crippen LogP contribution in [0.15, 0.2) is 54.2 Å². The fraction of sp³-hybridized carbons (Fsp3) is 0.379. The van der Waals surface area contributed by atoms with Crippen LogP contribution in [0.3, 0.4) is 0 Å². The summed E-state index contributed by atoms with van der Waals surface area (Å²) in [7, 11) is 3.48. The number of hydrogen-bond donors (Lipinski definition) is 1. The Hall–Kier alpha value is -3.54. The molecule has 0 spiro atoms. The summed E-state index contributed by atoms with van der Waals surface area (Å²) in [4.78, 5) is 28.3. The summed E-state index contributed by atoms with van der Waals surface area (Å²) in [6.07, 6.45) is 3.60. The molecule has 0 bridgehead atoms. The molecule has 2 aromatic carbocycles. The fourth-order valence-corrected chi connectivity index (χ4v) is 4.86. The average Bonchev–Trinajstić information content (AvgIpc) is 3.29. The normalized spacial score (nSPS) is 18.0. The van der Waals surface area contributed by atoms with E-state index in [1.165, 1.54) is 7.11 Å². The maximum absolute atomic E-state index is 13.4. The van der Waals surface area contributed by atoms with E-state index in [4.69, 9.17) is 4.74 Å². The van der Waals surface area contributed by atoms with E-state index in [1.807, 2.05) is 61.1 Å². The third kappa shape index (κ3) is 4.22. The van der Waals surface area contributed by atoms with Gasteiger partial charge < -0.3 is 19.3 Å². The summed E-state index contributed by atoms with van der Waals surface area (Å²) in [6.45, 7) is 8.73. The summed E-state index contributed by atoms with van der Waals surface area (Å²) >= 11 is 0. The van der Waals surface area contributed by atoms with E-state index >= 15 is 0 Å². The summed E-state index contributed by atoms with van der Waals surface area (Å²) in [6, 6.07) is 12.8. The molecule has 0 radical (unpaired) electrons. The summed E-state index contributed by atoms with van der Waals surface area (Å²) in [5.41, 5.74) is 3.15. The van der Waals surface area contributed by atoms with Crippen LogP contribution in [0.5, 0.6) is 5.75 Å². The second-order valence-corrected chi connectivity index (χ2v) is 10.2. The molecule has 3 aromatic rings. The molecule has 1 aliphatic rings. The lowest BCUT2D eigenvalue weighted by molar-refractivity contribution is -0.139. The second kappa shape index (κ2) is 9.25. The van der Waals surface area contributed by atoms with Crippen LogP contribution in [0, 0.1) is 0 Å². The molecule has 184 valence electrons. The van der Waals surface area contributed by atoms with E-state index in [0.717, 1.165) is 34.9 Å². The Morgan fingerprint density at radius 3 is 2.49 bits per heavy atom. The van der Waals surface area contributed by atoms with Gasteiger partial charge >= 0.3 is 0 Å². The minimum atomic E-state index is -0.685. The number of fused-ring (bicyclic) bond motifs is 1. The van der Waals surface area contributed by atoms with Gasteiger partial charge in [0.1, 0.15) is 11.5 Å². The lowest BCUT2D eigenvalue weighted by Gasteiger charge is -2.25. The number of carbonyl (C=O) groups excluding carboxylic acids is 2. The highest BCUT2D eigenvalue weighted by Gasteiger charge is 2.47. The third-order valence-electron chi connectivity index (χ3n) is 6.84. The number of aromatic nitrogens is 1. The fourth-order valence-electron chi connectivity index (χ4n) is 4.86. The zero-order valence-corrected chi connectivity index (χ0v) is 21.4. The van der Waals surface area contributed by atoms with Gasteiger partial charge in [0.25, 0.3) is 11.7 Å². The van der Waals surface area contributed by atoms with Gasteiger partial charge in [0.15, 0.2) is 0 Å². The predicted octanol–water partition coefficient (Wildman–Crippen LogP) is 5.71. The number of aliphatic hydroxyl groups is 1. The number of ether oxygens (including phenoxy) is 1. The number of amides is 1. The van der Waals surface area contributed by atoms with Gasteiger partial charge in [-0.2, -0.15) is 0 Å². The summed E-state index contributed by atoms with van der Waals surface area (Å²) < 4.78 is 7.55. The van der Waals surface area contributed by atoms with Crippen molar-refractivity contribution in [1.29, 1.82) is 0 Å². The van der Waals surface area contributed by atoms with Crippen LogP contribution >= 0.6 is 0 Å². The van der Waals surface area contributed by atoms with E-state index in [0.29, 0.717) is 17.9 Å². The van der Waals surface area contributed by atoms with Crippen molar-refractivity contribution < 1.29 is 19.4 Å². The number of para-hydroxylation sites is 1. The summed E-state index contributed by atoms with van der Waals surface area (Å²) in [5, 5.41) is 12.6. The molecular formula is C29H34N2O4. The van der Waals surface area contributed by atoms with Gasteiger partial charge in [0.05, 0.1) is 24.3 Å². The van der Waals surface area contributed by atoms with Crippen molar-refractivity contribution in [3.8, 4) is 5.75 Å². The standard InChI is InChI=1S/C29H34N2O4/c1-7-8-15-31-25(21-17-30(5)22-12-10-9-11-19(21)22)24(27(33)28(31)34)26(32)20-16-18(29(2,3)4)13-14-23(20)35-6/h9-14,16-17,25,32H,7-8,15H2,1-6H3/b26-24+. The minimum Gasteiger partial charge on any atom is -0.507 e. The molecule has 1 fully saturated rings. The molecule has 1 N–H and O–H groups in total. The smallest absolute Gasteiger partial charge is 0.295 e. The number of likely N-dealkylation sites (tertiary alicyclic amines) is 1. The van der Waals surface area contributed by atoms with E-state index in [1.54, 1.807) is 11.0 Å². The van der Waals surface area contributed by atoms with Crippen LogP contribution in [0.2, 0.25) is 0 Å². The Kier molecular flexibility index (Phi) is 6.50. The number of rotatable bonds is 6. The molecule has 1 aliphatic heterocycles. The van der Waals surface area contributed by atoms with Crippen molar-refractivity contribution in [3.05, 3.63) is 70.9 Å². The first kappa shape index (κ1) is 24.6. The number of aliphatic hydroxyl groups excluding tert-OH is 1. The van der Waals surface area contributed by atoms with E-state index in [9.17, 15) is 14.7 Å². The van der Waals surface area contributed by atoms with Gasteiger partial charge in [-0.25, -0.2) is 0 Å². The van der Waals surface area contributed by atoms with E-state index in [2.05, 4.69) is 20.8 Å². The molecule has 0 aliphatic carbocycles. The quantitative estimate of drug-likeness (QED) is 0.282. The Morgan fingerprint density at radius 2 is 1.83 bits per heavy atom. The number of aryl methyl sites for hydroxylation is 1. The zero-order chi connectivity index (χ0) is 25.5. The van der Waals surface area contributed by atoms with Crippen LogP contribution in [-0.4, -0.2) is 39.9 Å². The largest absolute Gasteiger partial charge is 0.507 e. The molecular weight excluding hydrogens is 440 g/mol. The summed E-state index contributed by atoms with van der Waals surface area (Å²) in [5.74, 6) is -1.00. The first-order valence-corrected chi connectivity index (χ1v) is 12.1. The van der Waals surface area contributed by atoms with Crippen molar-refractivity contribution in [2.75, 3.05) is 13.7 Å². The molecule has 0 saturated carbocycles. The lowest BCUT2D eigenvalue weighted by Crippen LogP contribution is -2.30. The van der Waals surface area contributed by atoms with Crippen molar-refractivity contribution in [2.24, 2.45) is 7.05 Å². The van der Waals surface area contributed by atoms with Gasteiger partial charge in [-0.15, -0.1) is 0 Å². The molecule has 6 heteroatoms. The van der Waals surface area contributed by atoms with Gasteiger partial charge in [0, 0.05) is 36.3 Å². The van der Waals surface area contributed by atoms with Crippen LogP contribution in [0.4, 0.5) is 0 Å². The van der Waals surface area contributed by atoms with E-state index in [-0.39, 0.29) is 16.7 Å². The van der Waals surface area contributed by atoms with Crippen molar-refractivity contribution in [2.45, 2.75) is 52.0 Å². The monoisotopic (exact) mass is 474 g/mol. The molecule has 4 rings (SSSR count). The Morgan fingerprint density at radius 1 is 1.11 bits per heavy atom. The minimum absolute atomic E-state index is 0.104. The highest BCUT2D eigenvalue weighted by Crippen LogP contribution is 2.44. The molecule has 6 nitrogen and oxygen atoms in total. The molecule has 1 aromatic heterocycles. The number of ketones is 1. The number of hydrogen-bond acceptors (Lipinski definition) is 4. The lowest BCUT2D eigenvalue weighted by atomic mass is 9.85. The van der Waals surface area contributed by atoms with Crippen LogP contribution in [0.1, 0.15) is 63.3 Å². The Bertz CT molecular complexity index is 1330. The predicted molar refractivity (Wildman–Crippen MR) is 139 cm³/mol. The maximum atomic E-state index is 13.4. The third-order valence-corrected chi connectivity index (χ3v) is 6.84. The van der Waals surface area contributed by atoms with Gasteiger partial charge in [-0.05, 0) is 35.6 Å².